The van der Waals surface area contributed by atoms with Crippen LogP contribution < -0.4 is 0 Å². The van der Waals surface area contributed by atoms with Crippen molar-refractivity contribution in [2.24, 2.45) is 5.16 Å². The number of oxime groups is 1. The van der Waals surface area contributed by atoms with Crippen LogP contribution >= 0.6 is 0 Å². The highest BCUT2D eigenvalue weighted by Gasteiger charge is 2.03. The highest BCUT2D eigenvalue weighted by Crippen LogP contribution is 2.10. The Labute approximate surface area is 86.0 Å². The van der Waals surface area contributed by atoms with Crippen LogP contribution in [0.4, 0.5) is 0 Å². The predicted molar refractivity (Wildman–Crippen MR) is 52.5 cm³/mol. The topological polar surface area (TPSA) is 76.0 Å². The lowest BCUT2D eigenvalue weighted by Gasteiger charge is -1.98. The summed E-state index contributed by atoms with van der Waals surface area (Å²) in [6, 6.07) is 5.79. The van der Waals surface area contributed by atoms with E-state index >= 15 is 0 Å². The molecule has 5 heteroatoms. The van der Waals surface area contributed by atoms with Gasteiger partial charge in [0.15, 0.2) is 6.29 Å². The van der Waals surface area contributed by atoms with E-state index in [0.29, 0.717) is 11.8 Å². The number of hydrogen-bond donors (Lipinski definition) is 1. The van der Waals surface area contributed by atoms with E-state index in [1.807, 2.05) is 0 Å². The van der Waals surface area contributed by atoms with Crippen molar-refractivity contribution >= 4 is 18.0 Å². The summed E-state index contributed by atoms with van der Waals surface area (Å²) in [4.78, 5) is 25.4. The van der Waals surface area contributed by atoms with Crippen LogP contribution in [0.15, 0.2) is 29.4 Å². The van der Waals surface area contributed by atoms with Crippen molar-refractivity contribution in [1.82, 2.24) is 0 Å². The first kappa shape index (κ1) is 10.9. The van der Waals surface area contributed by atoms with Crippen molar-refractivity contribution < 1.29 is 19.5 Å². The van der Waals surface area contributed by atoms with E-state index in [9.17, 15) is 9.59 Å². The van der Waals surface area contributed by atoms with Crippen molar-refractivity contribution in [3.63, 3.8) is 0 Å². The molecule has 0 fully saturated rings. The molecular weight excluding hydrogens is 198 g/mol. The van der Waals surface area contributed by atoms with Gasteiger partial charge in [0, 0.05) is 12.5 Å². The van der Waals surface area contributed by atoms with E-state index in [1.165, 1.54) is 31.2 Å². The highest BCUT2D eigenvalue weighted by atomic mass is 16.7. The Bertz CT molecular complexity index is 394. The van der Waals surface area contributed by atoms with Gasteiger partial charge in [-0.05, 0) is 24.3 Å². The summed E-state index contributed by atoms with van der Waals surface area (Å²) in [7, 11) is 0. The molecule has 0 aliphatic heterocycles. The van der Waals surface area contributed by atoms with Gasteiger partial charge in [-0.2, -0.15) is 0 Å². The Balaban J connectivity index is 2.92. The van der Waals surface area contributed by atoms with Gasteiger partial charge in [-0.3, -0.25) is 4.79 Å². The molecule has 0 aromatic heterocycles. The summed E-state index contributed by atoms with van der Waals surface area (Å²) < 4.78 is 0. The van der Waals surface area contributed by atoms with E-state index in [1.54, 1.807) is 0 Å². The van der Waals surface area contributed by atoms with Crippen LogP contribution in [-0.2, 0) is 14.4 Å². The monoisotopic (exact) mass is 207 g/mol. The average Bonchev–Trinajstić information content (AvgIpc) is 2.21. The first-order valence-corrected chi connectivity index (χ1v) is 4.13. The molecule has 1 aromatic rings. The van der Waals surface area contributed by atoms with Crippen molar-refractivity contribution in [3.8, 4) is 5.75 Å². The predicted octanol–water partition coefficient (Wildman–Crippen LogP) is 0.858. The van der Waals surface area contributed by atoms with Gasteiger partial charge in [-0.15, -0.1) is 0 Å². The maximum atomic E-state index is 10.6. The fourth-order valence-electron chi connectivity index (χ4n) is 0.888. The largest absolute Gasteiger partial charge is 0.508 e. The maximum absolute atomic E-state index is 10.6. The number of phenols is 1. The second-order valence-electron chi connectivity index (χ2n) is 2.72. The normalized spacial score (nSPS) is 10.9. The molecule has 78 valence electrons. The fraction of sp³-hybridized carbons (Fsp3) is 0.100. The number of hydrogen-bond acceptors (Lipinski definition) is 5. The van der Waals surface area contributed by atoms with Crippen molar-refractivity contribution in [2.45, 2.75) is 6.92 Å². The Morgan fingerprint density at radius 1 is 1.40 bits per heavy atom. The SMILES string of the molecule is CC(=O)ON=C(C=O)c1ccc(O)cc1. The molecule has 0 saturated heterocycles. The van der Waals surface area contributed by atoms with E-state index in [0.717, 1.165) is 0 Å². The van der Waals surface area contributed by atoms with Crippen LogP contribution in [0.2, 0.25) is 0 Å². The number of phenolic OH excluding ortho intramolecular Hbond substituents is 1. The lowest BCUT2D eigenvalue weighted by Crippen LogP contribution is -2.04. The van der Waals surface area contributed by atoms with Gasteiger partial charge in [0.2, 0.25) is 0 Å². The smallest absolute Gasteiger partial charge is 0.332 e. The molecule has 0 spiro atoms. The molecule has 0 amide bonds. The number of aromatic hydroxyl groups is 1. The lowest BCUT2D eigenvalue weighted by molar-refractivity contribution is -0.140. The summed E-state index contributed by atoms with van der Waals surface area (Å²) in [5.74, 6) is -0.524. The summed E-state index contributed by atoms with van der Waals surface area (Å²) in [6.45, 7) is 1.18. The van der Waals surface area contributed by atoms with Gasteiger partial charge in [-0.1, -0.05) is 5.16 Å². The quantitative estimate of drug-likeness (QED) is 0.345. The molecule has 0 radical (unpaired) electrons. The highest BCUT2D eigenvalue weighted by molar-refractivity contribution is 6.36. The van der Waals surface area contributed by atoms with Crippen LogP contribution in [-0.4, -0.2) is 23.1 Å². The lowest BCUT2D eigenvalue weighted by atomic mass is 10.1. The third-order valence-corrected chi connectivity index (χ3v) is 1.55. The minimum absolute atomic E-state index is 0.00907. The van der Waals surface area contributed by atoms with E-state index < -0.39 is 5.97 Å². The molecule has 1 N–H and O–H groups in total. The zero-order valence-corrected chi connectivity index (χ0v) is 8.01. The van der Waals surface area contributed by atoms with Gasteiger partial charge in [0.25, 0.3) is 0 Å². The summed E-state index contributed by atoms with van der Waals surface area (Å²) >= 11 is 0. The average molecular weight is 207 g/mol. The number of carbonyl (C=O) groups is 2. The van der Waals surface area contributed by atoms with Crippen LogP contribution in [0.25, 0.3) is 0 Å². The molecule has 0 aliphatic rings. The molecule has 0 saturated carbocycles. The Morgan fingerprint density at radius 3 is 2.47 bits per heavy atom. The van der Waals surface area contributed by atoms with E-state index in [2.05, 4.69) is 9.99 Å². The fourth-order valence-corrected chi connectivity index (χ4v) is 0.888. The van der Waals surface area contributed by atoms with Crippen LogP contribution in [0.5, 0.6) is 5.75 Å². The number of nitrogens with zero attached hydrogens (tertiary/aromatic N) is 1. The van der Waals surface area contributed by atoms with Gasteiger partial charge < -0.3 is 9.94 Å². The molecular formula is C10H9NO4. The first-order valence-electron chi connectivity index (χ1n) is 4.13. The van der Waals surface area contributed by atoms with E-state index in [4.69, 9.17) is 5.11 Å². The second kappa shape index (κ2) is 4.90. The van der Waals surface area contributed by atoms with Gasteiger partial charge in [-0.25, -0.2) is 4.79 Å². The first-order chi connectivity index (χ1) is 7.13. The van der Waals surface area contributed by atoms with Crippen LogP contribution in [0.1, 0.15) is 12.5 Å². The van der Waals surface area contributed by atoms with Crippen molar-refractivity contribution in [3.05, 3.63) is 29.8 Å². The van der Waals surface area contributed by atoms with E-state index in [-0.39, 0.29) is 11.5 Å². The third kappa shape index (κ3) is 3.22. The molecule has 0 unspecified atom stereocenters. The van der Waals surface area contributed by atoms with Gasteiger partial charge in [0.1, 0.15) is 11.5 Å². The standard InChI is InChI=1S/C10H9NO4/c1-7(13)15-11-10(6-12)8-2-4-9(14)5-3-8/h2-6,14H,1H3. The second-order valence-corrected chi connectivity index (χ2v) is 2.72. The molecule has 0 atom stereocenters. The van der Waals surface area contributed by atoms with Crippen LogP contribution in [0.3, 0.4) is 0 Å². The molecule has 1 aromatic carbocycles. The number of benzene rings is 1. The summed E-state index contributed by atoms with van der Waals surface area (Å²) in [6.07, 6.45) is 0.468. The molecule has 1 rings (SSSR count). The van der Waals surface area contributed by atoms with Crippen LogP contribution in [0, 0.1) is 0 Å². The minimum atomic E-state index is -0.604. The number of aldehydes is 1. The number of rotatable bonds is 3. The van der Waals surface area contributed by atoms with Gasteiger partial charge in [0.05, 0.1) is 0 Å². The van der Waals surface area contributed by atoms with Gasteiger partial charge >= 0.3 is 5.97 Å². The summed E-state index contributed by atoms with van der Waals surface area (Å²) in [5, 5.41) is 12.4. The zero-order chi connectivity index (χ0) is 11.3. The zero-order valence-electron chi connectivity index (χ0n) is 8.01. The number of carbonyl (C=O) groups excluding carboxylic acids is 2. The Hall–Kier alpha value is -2.17. The maximum Gasteiger partial charge on any atom is 0.332 e. The molecule has 5 nitrogen and oxygen atoms in total. The molecule has 0 heterocycles. The minimum Gasteiger partial charge on any atom is -0.508 e. The third-order valence-electron chi connectivity index (χ3n) is 1.55. The summed E-state index contributed by atoms with van der Waals surface area (Å²) in [5.41, 5.74) is 0.453. The van der Waals surface area contributed by atoms with Crippen molar-refractivity contribution in [2.75, 3.05) is 0 Å². The molecule has 15 heavy (non-hydrogen) atoms. The van der Waals surface area contributed by atoms with Crippen molar-refractivity contribution in [1.29, 1.82) is 0 Å². The molecule has 0 bridgehead atoms. The molecule has 0 aliphatic carbocycles. The Morgan fingerprint density at radius 2 is 2.00 bits per heavy atom. The Kier molecular flexibility index (Phi) is 3.56.